The third-order valence-electron chi connectivity index (χ3n) is 5.29. The number of hydrogen-bond donors (Lipinski definition) is 2. The van der Waals surface area contributed by atoms with E-state index in [9.17, 15) is 14.4 Å². The van der Waals surface area contributed by atoms with Gasteiger partial charge in [0.2, 0.25) is 17.7 Å². The Hall–Kier alpha value is -3.67. The lowest BCUT2D eigenvalue weighted by Gasteiger charge is -2.19. The molecule has 0 aliphatic carbocycles. The maximum atomic E-state index is 12.7. The quantitative estimate of drug-likeness (QED) is 0.687. The summed E-state index contributed by atoms with van der Waals surface area (Å²) < 4.78 is 0. The molecule has 152 valence electrons. The van der Waals surface area contributed by atoms with Crippen molar-refractivity contribution in [1.29, 1.82) is 0 Å². The molecule has 1 aliphatic rings. The van der Waals surface area contributed by atoms with Gasteiger partial charge in [0.15, 0.2) is 0 Å². The van der Waals surface area contributed by atoms with E-state index in [1.807, 2.05) is 54.6 Å². The molecule has 6 heteroatoms. The molecule has 0 spiro atoms. The summed E-state index contributed by atoms with van der Waals surface area (Å²) in [4.78, 5) is 38.1. The molecular weight excluding hydrogens is 378 g/mol. The Balaban J connectivity index is 1.40. The predicted molar refractivity (Wildman–Crippen MR) is 117 cm³/mol. The van der Waals surface area contributed by atoms with Crippen LogP contribution in [0.5, 0.6) is 0 Å². The minimum absolute atomic E-state index is 0.0360. The number of benzene rings is 3. The van der Waals surface area contributed by atoms with Gasteiger partial charge in [-0.3, -0.25) is 14.4 Å². The van der Waals surface area contributed by atoms with Gasteiger partial charge in [0.1, 0.15) is 0 Å². The number of rotatable bonds is 5. The number of carbonyl (C=O) groups excluding carboxylic acids is 3. The summed E-state index contributed by atoms with van der Waals surface area (Å²) in [6.07, 6.45) is 0.205. The summed E-state index contributed by atoms with van der Waals surface area (Å²) in [5.74, 6) is -0.670. The highest BCUT2D eigenvalue weighted by Gasteiger charge is 2.35. The van der Waals surface area contributed by atoms with Gasteiger partial charge in [-0.25, -0.2) is 0 Å². The molecule has 3 aromatic rings. The first-order valence-corrected chi connectivity index (χ1v) is 9.93. The molecule has 30 heavy (non-hydrogen) atoms. The lowest BCUT2D eigenvalue weighted by Crippen LogP contribution is -2.32. The molecule has 3 aromatic carbocycles. The molecule has 6 nitrogen and oxygen atoms in total. The normalized spacial score (nSPS) is 16.0. The molecule has 1 saturated heterocycles. The number of hydrogen-bond acceptors (Lipinski definition) is 3. The number of carbonyl (C=O) groups is 3. The van der Waals surface area contributed by atoms with Crippen molar-refractivity contribution in [3.05, 3.63) is 72.3 Å². The first kappa shape index (κ1) is 19.6. The van der Waals surface area contributed by atoms with E-state index in [1.165, 1.54) is 6.92 Å². The van der Waals surface area contributed by atoms with Crippen LogP contribution in [0.15, 0.2) is 66.7 Å². The maximum Gasteiger partial charge on any atom is 0.227 e. The number of anilines is 2. The van der Waals surface area contributed by atoms with Gasteiger partial charge >= 0.3 is 0 Å². The van der Waals surface area contributed by atoms with Crippen molar-refractivity contribution < 1.29 is 14.4 Å². The SMILES string of the molecule is CC(=O)Nc1ccc(CNC(=O)C2CC(=O)N(c3cccc4ccccc34)C2)cc1. The van der Waals surface area contributed by atoms with E-state index in [1.54, 1.807) is 17.0 Å². The highest BCUT2D eigenvalue weighted by molar-refractivity contribution is 6.07. The zero-order chi connectivity index (χ0) is 21.1. The van der Waals surface area contributed by atoms with Crippen molar-refractivity contribution in [3.8, 4) is 0 Å². The van der Waals surface area contributed by atoms with Gasteiger partial charge in [-0.15, -0.1) is 0 Å². The summed E-state index contributed by atoms with van der Waals surface area (Å²) in [5, 5.41) is 7.71. The fourth-order valence-electron chi connectivity index (χ4n) is 3.80. The number of nitrogens with zero attached hydrogens (tertiary/aromatic N) is 1. The number of fused-ring (bicyclic) bond motifs is 1. The zero-order valence-corrected chi connectivity index (χ0v) is 16.7. The monoisotopic (exact) mass is 401 g/mol. The molecule has 1 fully saturated rings. The highest BCUT2D eigenvalue weighted by Crippen LogP contribution is 2.31. The molecule has 0 bridgehead atoms. The summed E-state index contributed by atoms with van der Waals surface area (Å²) in [6, 6.07) is 21.1. The zero-order valence-electron chi connectivity index (χ0n) is 16.7. The summed E-state index contributed by atoms with van der Waals surface area (Å²) in [6.45, 7) is 2.21. The lowest BCUT2D eigenvalue weighted by molar-refractivity contribution is -0.126. The van der Waals surface area contributed by atoms with Crippen molar-refractivity contribution in [2.45, 2.75) is 19.9 Å². The fraction of sp³-hybridized carbons (Fsp3) is 0.208. The van der Waals surface area contributed by atoms with Gasteiger partial charge in [0.05, 0.1) is 11.6 Å². The summed E-state index contributed by atoms with van der Waals surface area (Å²) >= 11 is 0. The van der Waals surface area contributed by atoms with Crippen LogP contribution in [-0.2, 0) is 20.9 Å². The topological polar surface area (TPSA) is 78.5 Å². The van der Waals surface area contributed by atoms with Gasteiger partial charge in [0, 0.05) is 37.5 Å². The smallest absolute Gasteiger partial charge is 0.227 e. The Kier molecular flexibility index (Phi) is 5.48. The van der Waals surface area contributed by atoms with Crippen molar-refractivity contribution in [1.82, 2.24) is 5.32 Å². The molecule has 4 rings (SSSR count). The molecule has 1 heterocycles. The first-order chi connectivity index (χ1) is 14.5. The van der Waals surface area contributed by atoms with Crippen molar-refractivity contribution in [2.75, 3.05) is 16.8 Å². The Morgan fingerprint density at radius 2 is 1.73 bits per heavy atom. The van der Waals surface area contributed by atoms with Crippen LogP contribution < -0.4 is 15.5 Å². The number of amides is 3. The Bertz CT molecular complexity index is 1100. The van der Waals surface area contributed by atoms with Crippen LogP contribution >= 0.6 is 0 Å². The van der Waals surface area contributed by atoms with Gasteiger partial charge in [-0.05, 0) is 29.1 Å². The van der Waals surface area contributed by atoms with E-state index in [4.69, 9.17) is 0 Å². The molecule has 0 radical (unpaired) electrons. The van der Waals surface area contributed by atoms with Crippen LogP contribution in [0.25, 0.3) is 10.8 Å². The second-order valence-corrected chi connectivity index (χ2v) is 7.50. The third-order valence-corrected chi connectivity index (χ3v) is 5.29. The van der Waals surface area contributed by atoms with Crippen LogP contribution in [0.1, 0.15) is 18.9 Å². The summed E-state index contributed by atoms with van der Waals surface area (Å²) in [5.41, 5.74) is 2.49. The Morgan fingerprint density at radius 3 is 2.50 bits per heavy atom. The third kappa shape index (κ3) is 4.17. The van der Waals surface area contributed by atoms with Gasteiger partial charge in [-0.2, -0.15) is 0 Å². The average Bonchev–Trinajstić information content (AvgIpc) is 3.14. The largest absolute Gasteiger partial charge is 0.352 e. The van der Waals surface area contributed by atoms with E-state index >= 15 is 0 Å². The van der Waals surface area contributed by atoms with E-state index in [0.717, 1.165) is 22.0 Å². The molecule has 0 aromatic heterocycles. The van der Waals surface area contributed by atoms with Crippen LogP contribution in [0, 0.1) is 5.92 Å². The van der Waals surface area contributed by atoms with Crippen LogP contribution in [0.3, 0.4) is 0 Å². The van der Waals surface area contributed by atoms with Crippen molar-refractivity contribution in [2.24, 2.45) is 5.92 Å². The molecular formula is C24H23N3O3. The van der Waals surface area contributed by atoms with Crippen LogP contribution in [-0.4, -0.2) is 24.3 Å². The van der Waals surface area contributed by atoms with E-state index in [2.05, 4.69) is 10.6 Å². The van der Waals surface area contributed by atoms with E-state index in [0.29, 0.717) is 18.8 Å². The number of nitrogens with one attached hydrogen (secondary N) is 2. The molecule has 2 N–H and O–H groups in total. The predicted octanol–water partition coefficient (Wildman–Crippen LogP) is 3.47. The van der Waals surface area contributed by atoms with Gasteiger partial charge in [0.25, 0.3) is 0 Å². The molecule has 3 amide bonds. The minimum atomic E-state index is -0.380. The maximum absolute atomic E-state index is 12.7. The van der Waals surface area contributed by atoms with Crippen molar-refractivity contribution >= 4 is 39.9 Å². The molecule has 1 unspecified atom stereocenters. The standard InChI is InChI=1S/C24H23N3O3/c1-16(28)26-20-11-9-17(10-12-20)14-25-24(30)19-13-23(29)27(15-19)22-8-4-6-18-5-2-3-7-21(18)22/h2-12,19H,13-15H2,1H3,(H,25,30)(H,26,28). The highest BCUT2D eigenvalue weighted by atomic mass is 16.2. The van der Waals surface area contributed by atoms with Crippen LogP contribution in [0.4, 0.5) is 11.4 Å². The second-order valence-electron chi connectivity index (χ2n) is 7.50. The van der Waals surface area contributed by atoms with Gasteiger partial charge < -0.3 is 15.5 Å². The molecule has 1 atom stereocenters. The fourth-order valence-corrected chi connectivity index (χ4v) is 3.80. The van der Waals surface area contributed by atoms with Crippen molar-refractivity contribution in [3.63, 3.8) is 0 Å². The van der Waals surface area contributed by atoms with E-state index < -0.39 is 0 Å². The second kappa shape index (κ2) is 8.37. The Labute approximate surface area is 174 Å². The molecule has 0 saturated carbocycles. The average molecular weight is 401 g/mol. The van der Waals surface area contributed by atoms with E-state index in [-0.39, 0.29) is 30.1 Å². The summed E-state index contributed by atoms with van der Waals surface area (Å²) in [7, 11) is 0. The lowest BCUT2D eigenvalue weighted by atomic mass is 10.1. The minimum Gasteiger partial charge on any atom is -0.352 e. The first-order valence-electron chi connectivity index (χ1n) is 9.93. The van der Waals surface area contributed by atoms with Gasteiger partial charge in [-0.1, -0.05) is 48.5 Å². The molecule has 1 aliphatic heterocycles. The Morgan fingerprint density at radius 1 is 1.00 bits per heavy atom. The van der Waals surface area contributed by atoms with Crippen LogP contribution in [0.2, 0.25) is 0 Å².